The number of hydrogen-bond acceptors (Lipinski definition) is 3. The maximum Gasteiger partial charge on any atom is 0.228 e. The fourth-order valence-corrected chi connectivity index (χ4v) is 1.25. The SMILES string of the molecule is CCOc1ncc(N)c(C)c1Br. The van der Waals surface area contributed by atoms with Crippen LogP contribution in [0.15, 0.2) is 10.7 Å². The van der Waals surface area contributed by atoms with Crippen LogP contribution in [0.25, 0.3) is 0 Å². The first-order valence-corrected chi connectivity index (χ1v) is 4.49. The number of nitrogens with zero attached hydrogens (tertiary/aromatic N) is 1. The van der Waals surface area contributed by atoms with Crippen LogP contribution >= 0.6 is 15.9 Å². The van der Waals surface area contributed by atoms with Crippen molar-refractivity contribution in [1.29, 1.82) is 0 Å². The second-order valence-electron chi connectivity index (χ2n) is 2.39. The maximum atomic E-state index is 5.64. The van der Waals surface area contributed by atoms with Crippen molar-refractivity contribution in [2.45, 2.75) is 13.8 Å². The molecule has 1 heterocycles. The summed E-state index contributed by atoms with van der Waals surface area (Å²) < 4.78 is 6.10. The second kappa shape index (κ2) is 3.76. The number of halogens is 1. The molecule has 0 fully saturated rings. The van der Waals surface area contributed by atoms with Crippen molar-refractivity contribution < 1.29 is 4.74 Å². The van der Waals surface area contributed by atoms with E-state index in [4.69, 9.17) is 10.5 Å². The van der Waals surface area contributed by atoms with Crippen LogP contribution < -0.4 is 10.5 Å². The molecule has 0 aliphatic rings. The molecule has 12 heavy (non-hydrogen) atoms. The first-order valence-electron chi connectivity index (χ1n) is 3.70. The van der Waals surface area contributed by atoms with Crippen molar-refractivity contribution in [3.05, 3.63) is 16.2 Å². The predicted molar refractivity (Wildman–Crippen MR) is 52.3 cm³/mol. The summed E-state index contributed by atoms with van der Waals surface area (Å²) in [5.41, 5.74) is 7.28. The molecule has 3 nitrogen and oxygen atoms in total. The highest BCUT2D eigenvalue weighted by molar-refractivity contribution is 9.10. The van der Waals surface area contributed by atoms with Gasteiger partial charge in [0.15, 0.2) is 0 Å². The number of aromatic nitrogens is 1. The highest BCUT2D eigenvalue weighted by Crippen LogP contribution is 2.29. The van der Waals surface area contributed by atoms with Crippen molar-refractivity contribution in [2.24, 2.45) is 0 Å². The molecule has 0 saturated heterocycles. The normalized spacial score (nSPS) is 9.92. The van der Waals surface area contributed by atoms with Crippen LogP contribution in [0, 0.1) is 6.92 Å². The zero-order chi connectivity index (χ0) is 9.14. The molecule has 1 aromatic rings. The van der Waals surface area contributed by atoms with Crippen molar-refractivity contribution in [1.82, 2.24) is 4.98 Å². The summed E-state index contributed by atoms with van der Waals surface area (Å²) >= 11 is 3.36. The quantitative estimate of drug-likeness (QED) is 0.848. The average Bonchev–Trinajstić information content (AvgIpc) is 2.07. The molecule has 4 heteroatoms. The van der Waals surface area contributed by atoms with Gasteiger partial charge in [0.1, 0.15) is 0 Å². The lowest BCUT2D eigenvalue weighted by Gasteiger charge is -2.07. The lowest BCUT2D eigenvalue weighted by atomic mass is 10.2. The lowest BCUT2D eigenvalue weighted by Crippen LogP contribution is -1.99. The van der Waals surface area contributed by atoms with Gasteiger partial charge in [0.25, 0.3) is 0 Å². The summed E-state index contributed by atoms with van der Waals surface area (Å²) in [4.78, 5) is 4.03. The standard InChI is InChI=1S/C8H11BrN2O/c1-3-12-8-7(9)5(2)6(10)4-11-8/h4H,3,10H2,1-2H3. The van der Waals surface area contributed by atoms with Crippen molar-refractivity contribution >= 4 is 21.6 Å². The molecule has 0 aliphatic carbocycles. The minimum absolute atomic E-state index is 0.601. The molecular formula is C8H11BrN2O. The van der Waals surface area contributed by atoms with Gasteiger partial charge in [-0.2, -0.15) is 0 Å². The van der Waals surface area contributed by atoms with E-state index in [2.05, 4.69) is 20.9 Å². The highest BCUT2D eigenvalue weighted by Gasteiger charge is 2.07. The van der Waals surface area contributed by atoms with Crippen LogP contribution in [0.2, 0.25) is 0 Å². The van der Waals surface area contributed by atoms with Gasteiger partial charge in [-0.15, -0.1) is 0 Å². The Labute approximate surface area is 80.1 Å². The maximum absolute atomic E-state index is 5.64. The Morgan fingerprint density at radius 2 is 2.33 bits per heavy atom. The summed E-state index contributed by atoms with van der Waals surface area (Å²) in [7, 11) is 0. The fraction of sp³-hybridized carbons (Fsp3) is 0.375. The van der Waals surface area contributed by atoms with Crippen LogP contribution in [0.4, 0.5) is 5.69 Å². The summed E-state index contributed by atoms with van der Waals surface area (Å²) in [6.07, 6.45) is 1.60. The molecule has 66 valence electrons. The Kier molecular flexibility index (Phi) is 2.92. The van der Waals surface area contributed by atoms with Gasteiger partial charge in [0, 0.05) is 0 Å². The Hall–Kier alpha value is -0.770. The summed E-state index contributed by atoms with van der Waals surface area (Å²) in [5, 5.41) is 0. The first-order chi connectivity index (χ1) is 5.66. The van der Waals surface area contributed by atoms with Crippen LogP contribution in [-0.2, 0) is 0 Å². The van der Waals surface area contributed by atoms with E-state index in [0.717, 1.165) is 10.0 Å². The van der Waals surface area contributed by atoms with E-state index in [1.807, 2.05) is 13.8 Å². The second-order valence-corrected chi connectivity index (χ2v) is 3.18. The molecule has 0 aliphatic heterocycles. The number of nitrogens with two attached hydrogens (primary N) is 1. The van der Waals surface area contributed by atoms with E-state index in [1.165, 1.54) is 0 Å². The third kappa shape index (κ3) is 1.69. The van der Waals surface area contributed by atoms with Gasteiger partial charge in [0.2, 0.25) is 5.88 Å². The van der Waals surface area contributed by atoms with E-state index in [0.29, 0.717) is 18.2 Å². The minimum atomic E-state index is 0.601. The fourth-order valence-electron chi connectivity index (χ4n) is 0.806. The van der Waals surface area contributed by atoms with Gasteiger partial charge < -0.3 is 10.5 Å². The van der Waals surface area contributed by atoms with Crippen LogP contribution in [-0.4, -0.2) is 11.6 Å². The Bertz CT molecular complexity index is 289. The Morgan fingerprint density at radius 3 is 2.92 bits per heavy atom. The molecule has 0 spiro atoms. The minimum Gasteiger partial charge on any atom is -0.477 e. The third-order valence-electron chi connectivity index (χ3n) is 1.55. The molecule has 1 rings (SSSR count). The average molecular weight is 231 g/mol. The molecule has 1 aromatic heterocycles. The molecule has 0 bridgehead atoms. The van der Waals surface area contributed by atoms with Gasteiger partial charge in [-0.1, -0.05) is 0 Å². The van der Waals surface area contributed by atoms with E-state index < -0.39 is 0 Å². The number of ether oxygens (including phenoxy) is 1. The largest absolute Gasteiger partial charge is 0.477 e. The van der Waals surface area contributed by atoms with E-state index in [9.17, 15) is 0 Å². The van der Waals surface area contributed by atoms with E-state index in [1.54, 1.807) is 6.20 Å². The number of anilines is 1. The summed E-state index contributed by atoms with van der Waals surface area (Å²) in [6, 6.07) is 0. The van der Waals surface area contributed by atoms with Crippen molar-refractivity contribution in [3.63, 3.8) is 0 Å². The van der Waals surface area contributed by atoms with Crippen LogP contribution in [0.1, 0.15) is 12.5 Å². The molecular weight excluding hydrogens is 220 g/mol. The number of pyridine rings is 1. The monoisotopic (exact) mass is 230 g/mol. The molecule has 0 aromatic carbocycles. The highest BCUT2D eigenvalue weighted by atomic mass is 79.9. The van der Waals surface area contributed by atoms with Crippen LogP contribution in [0.5, 0.6) is 5.88 Å². The van der Waals surface area contributed by atoms with E-state index in [-0.39, 0.29) is 0 Å². The Morgan fingerprint density at radius 1 is 1.67 bits per heavy atom. The molecule has 0 amide bonds. The molecule has 0 saturated carbocycles. The number of hydrogen-bond donors (Lipinski definition) is 1. The van der Waals surface area contributed by atoms with Gasteiger partial charge in [-0.25, -0.2) is 4.98 Å². The first kappa shape index (κ1) is 9.32. The molecule has 0 atom stereocenters. The molecule has 2 N–H and O–H groups in total. The summed E-state index contributed by atoms with van der Waals surface area (Å²) in [6.45, 7) is 4.44. The number of rotatable bonds is 2. The summed E-state index contributed by atoms with van der Waals surface area (Å²) in [5.74, 6) is 0.601. The van der Waals surface area contributed by atoms with Gasteiger partial charge in [-0.05, 0) is 35.3 Å². The third-order valence-corrected chi connectivity index (χ3v) is 2.49. The lowest BCUT2D eigenvalue weighted by molar-refractivity contribution is 0.324. The predicted octanol–water partition coefficient (Wildman–Crippen LogP) is 2.13. The Balaban J connectivity index is 3.08. The molecule has 0 unspecified atom stereocenters. The zero-order valence-corrected chi connectivity index (χ0v) is 8.68. The number of nitrogen functional groups attached to an aromatic ring is 1. The van der Waals surface area contributed by atoms with E-state index >= 15 is 0 Å². The zero-order valence-electron chi connectivity index (χ0n) is 7.10. The van der Waals surface area contributed by atoms with Gasteiger partial charge in [0.05, 0.1) is 23.0 Å². The smallest absolute Gasteiger partial charge is 0.228 e. The molecule has 0 radical (unpaired) electrons. The topological polar surface area (TPSA) is 48.1 Å². The van der Waals surface area contributed by atoms with Gasteiger partial charge >= 0.3 is 0 Å². The van der Waals surface area contributed by atoms with Crippen LogP contribution in [0.3, 0.4) is 0 Å². The van der Waals surface area contributed by atoms with Gasteiger partial charge in [-0.3, -0.25) is 0 Å². The van der Waals surface area contributed by atoms with Crippen molar-refractivity contribution in [3.8, 4) is 5.88 Å². The van der Waals surface area contributed by atoms with Crippen molar-refractivity contribution in [2.75, 3.05) is 12.3 Å².